The van der Waals surface area contributed by atoms with Crippen molar-refractivity contribution < 1.29 is 18.8 Å². The zero-order valence-electron chi connectivity index (χ0n) is 15.7. The van der Waals surface area contributed by atoms with E-state index in [1.54, 1.807) is 12.1 Å². The lowest BCUT2D eigenvalue weighted by atomic mass is 9.87. The maximum Gasteiger partial charge on any atom is 0.322 e. The van der Waals surface area contributed by atoms with Gasteiger partial charge in [0, 0.05) is 19.0 Å². The standard InChI is InChI=1S/C20H25FN4O3/c21-15-7-5-13(6-8-15)12-25-10-2-4-16(25)17(26)22-11-14-3-1-9-20(14)18(27)23-19(28)24-20/h5-8,14,16H,1-4,9-12H2,(H,22,26)(H2,23,24,27,28)/t14-,16-,20+/m0/s1. The largest absolute Gasteiger partial charge is 0.354 e. The molecular weight excluding hydrogens is 363 g/mol. The Morgan fingerprint density at radius 1 is 1.21 bits per heavy atom. The van der Waals surface area contributed by atoms with Crippen LogP contribution < -0.4 is 16.0 Å². The first kappa shape index (κ1) is 18.9. The molecule has 0 radical (unpaired) electrons. The Morgan fingerprint density at radius 3 is 2.71 bits per heavy atom. The molecule has 1 spiro atoms. The van der Waals surface area contributed by atoms with E-state index in [2.05, 4.69) is 20.9 Å². The molecule has 150 valence electrons. The van der Waals surface area contributed by atoms with Crippen LogP contribution in [0.1, 0.15) is 37.7 Å². The number of halogens is 1. The number of imide groups is 1. The third-order valence-electron chi connectivity index (χ3n) is 6.28. The molecule has 2 saturated heterocycles. The highest BCUT2D eigenvalue weighted by Crippen LogP contribution is 2.37. The minimum absolute atomic E-state index is 0.0496. The summed E-state index contributed by atoms with van der Waals surface area (Å²) in [5.74, 6) is -0.706. The van der Waals surface area contributed by atoms with Crippen LogP contribution in [0.3, 0.4) is 0 Å². The van der Waals surface area contributed by atoms with Crippen LogP contribution in [-0.2, 0) is 16.1 Å². The quantitative estimate of drug-likeness (QED) is 0.663. The molecular formula is C20H25FN4O3. The second-order valence-corrected chi connectivity index (χ2v) is 7.97. The topological polar surface area (TPSA) is 90.5 Å². The molecule has 0 unspecified atom stereocenters. The number of rotatable bonds is 5. The number of nitrogens with one attached hydrogen (secondary N) is 3. The zero-order chi connectivity index (χ0) is 19.7. The molecule has 2 aliphatic heterocycles. The van der Waals surface area contributed by atoms with Crippen molar-refractivity contribution in [1.82, 2.24) is 20.9 Å². The lowest BCUT2D eigenvalue weighted by molar-refractivity contribution is -0.128. The van der Waals surface area contributed by atoms with E-state index >= 15 is 0 Å². The van der Waals surface area contributed by atoms with Crippen molar-refractivity contribution in [3.8, 4) is 0 Å². The Labute approximate surface area is 163 Å². The minimum Gasteiger partial charge on any atom is -0.354 e. The second-order valence-electron chi connectivity index (χ2n) is 7.97. The summed E-state index contributed by atoms with van der Waals surface area (Å²) in [6.45, 7) is 1.79. The normalized spacial score (nSPS) is 29.9. The van der Waals surface area contributed by atoms with Gasteiger partial charge in [-0.1, -0.05) is 18.6 Å². The molecule has 0 aromatic heterocycles. The fourth-order valence-corrected chi connectivity index (χ4v) is 4.80. The van der Waals surface area contributed by atoms with Gasteiger partial charge in [0.05, 0.1) is 6.04 Å². The summed E-state index contributed by atoms with van der Waals surface area (Å²) in [6.07, 6.45) is 3.95. The molecule has 8 heteroatoms. The van der Waals surface area contributed by atoms with E-state index in [0.29, 0.717) is 19.5 Å². The van der Waals surface area contributed by atoms with Gasteiger partial charge in [0.15, 0.2) is 0 Å². The highest BCUT2D eigenvalue weighted by Gasteiger charge is 2.54. The van der Waals surface area contributed by atoms with Gasteiger partial charge in [-0.25, -0.2) is 9.18 Å². The number of nitrogens with zero attached hydrogens (tertiary/aromatic N) is 1. The van der Waals surface area contributed by atoms with Gasteiger partial charge >= 0.3 is 6.03 Å². The summed E-state index contributed by atoms with van der Waals surface area (Å²) in [4.78, 5) is 38.8. The summed E-state index contributed by atoms with van der Waals surface area (Å²) >= 11 is 0. The molecule has 7 nitrogen and oxygen atoms in total. The van der Waals surface area contributed by atoms with E-state index < -0.39 is 11.6 Å². The highest BCUT2D eigenvalue weighted by atomic mass is 19.1. The van der Waals surface area contributed by atoms with Gasteiger partial charge in [0.1, 0.15) is 11.4 Å². The van der Waals surface area contributed by atoms with Crippen molar-refractivity contribution in [3.05, 3.63) is 35.6 Å². The van der Waals surface area contributed by atoms with Gasteiger partial charge in [-0.2, -0.15) is 0 Å². The van der Waals surface area contributed by atoms with Gasteiger partial charge in [-0.05, 0) is 49.9 Å². The Hall–Kier alpha value is -2.48. The van der Waals surface area contributed by atoms with Crippen LogP contribution in [0.5, 0.6) is 0 Å². The van der Waals surface area contributed by atoms with Crippen molar-refractivity contribution in [1.29, 1.82) is 0 Å². The Kier molecular flexibility index (Phi) is 5.05. The van der Waals surface area contributed by atoms with Crippen molar-refractivity contribution in [2.45, 2.75) is 50.2 Å². The number of carbonyl (C=O) groups is 3. The summed E-state index contributed by atoms with van der Waals surface area (Å²) in [5.41, 5.74) is 0.0922. The first-order valence-electron chi connectivity index (χ1n) is 9.88. The van der Waals surface area contributed by atoms with E-state index in [0.717, 1.165) is 37.8 Å². The maximum atomic E-state index is 13.1. The molecule has 1 aromatic carbocycles. The predicted molar refractivity (Wildman–Crippen MR) is 99.6 cm³/mol. The number of likely N-dealkylation sites (tertiary alicyclic amines) is 1. The SMILES string of the molecule is O=C1NC(=O)[C@]2(CCC[C@H]2CNC(=O)[C@@H]2CCCN2Cc2ccc(F)cc2)N1. The van der Waals surface area contributed by atoms with Gasteiger partial charge in [-0.3, -0.25) is 19.8 Å². The van der Waals surface area contributed by atoms with Gasteiger partial charge < -0.3 is 10.6 Å². The minimum atomic E-state index is -0.881. The second kappa shape index (κ2) is 7.50. The van der Waals surface area contributed by atoms with Crippen LogP contribution in [0.25, 0.3) is 0 Å². The monoisotopic (exact) mass is 388 g/mol. The molecule has 4 amide bonds. The van der Waals surface area contributed by atoms with Crippen molar-refractivity contribution in [2.24, 2.45) is 5.92 Å². The van der Waals surface area contributed by atoms with Crippen molar-refractivity contribution >= 4 is 17.8 Å². The van der Waals surface area contributed by atoms with Crippen LogP contribution in [0.2, 0.25) is 0 Å². The molecule has 3 aliphatic rings. The van der Waals surface area contributed by atoms with Crippen LogP contribution in [-0.4, -0.2) is 47.4 Å². The van der Waals surface area contributed by atoms with E-state index in [4.69, 9.17) is 0 Å². The van der Waals surface area contributed by atoms with Crippen molar-refractivity contribution in [2.75, 3.05) is 13.1 Å². The summed E-state index contributed by atoms with van der Waals surface area (Å²) < 4.78 is 13.1. The van der Waals surface area contributed by atoms with Gasteiger partial charge in [0.2, 0.25) is 5.91 Å². The number of carbonyl (C=O) groups excluding carboxylic acids is 3. The molecule has 0 bridgehead atoms. The summed E-state index contributed by atoms with van der Waals surface area (Å²) in [5, 5.41) is 8.11. The fourth-order valence-electron chi connectivity index (χ4n) is 4.80. The molecule has 3 N–H and O–H groups in total. The average molecular weight is 388 g/mol. The van der Waals surface area contributed by atoms with E-state index in [9.17, 15) is 18.8 Å². The number of hydrogen-bond acceptors (Lipinski definition) is 4. The first-order chi connectivity index (χ1) is 13.5. The Bertz CT molecular complexity index is 784. The van der Waals surface area contributed by atoms with Crippen LogP contribution in [0.4, 0.5) is 9.18 Å². The van der Waals surface area contributed by atoms with Crippen LogP contribution in [0, 0.1) is 11.7 Å². The molecule has 4 rings (SSSR count). The van der Waals surface area contributed by atoms with Gasteiger partial charge in [0.25, 0.3) is 5.91 Å². The number of urea groups is 1. The third kappa shape index (κ3) is 3.48. The molecule has 1 aliphatic carbocycles. The van der Waals surface area contributed by atoms with E-state index in [1.807, 2.05) is 0 Å². The Balaban J connectivity index is 1.36. The lowest BCUT2D eigenvalue weighted by Crippen LogP contribution is -2.54. The predicted octanol–water partition coefficient (Wildman–Crippen LogP) is 1.28. The number of hydrogen-bond donors (Lipinski definition) is 3. The number of amides is 4. The smallest absolute Gasteiger partial charge is 0.322 e. The van der Waals surface area contributed by atoms with Crippen LogP contribution in [0.15, 0.2) is 24.3 Å². The average Bonchev–Trinajstić information content (AvgIpc) is 3.35. The zero-order valence-corrected chi connectivity index (χ0v) is 15.7. The first-order valence-corrected chi connectivity index (χ1v) is 9.88. The number of benzene rings is 1. The summed E-state index contributed by atoms with van der Waals surface area (Å²) in [7, 11) is 0. The molecule has 3 fully saturated rings. The molecule has 2 heterocycles. The molecule has 1 aromatic rings. The lowest BCUT2D eigenvalue weighted by Gasteiger charge is -2.29. The van der Waals surface area contributed by atoms with Crippen molar-refractivity contribution in [3.63, 3.8) is 0 Å². The molecule has 1 saturated carbocycles. The van der Waals surface area contributed by atoms with E-state index in [1.165, 1.54) is 12.1 Å². The molecule has 3 atom stereocenters. The summed E-state index contributed by atoms with van der Waals surface area (Å²) in [6, 6.07) is 5.67. The van der Waals surface area contributed by atoms with Crippen LogP contribution >= 0.6 is 0 Å². The Morgan fingerprint density at radius 2 is 2.00 bits per heavy atom. The van der Waals surface area contributed by atoms with E-state index in [-0.39, 0.29) is 29.6 Å². The highest BCUT2D eigenvalue weighted by molar-refractivity contribution is 6.07. The molecule has 28 heavy (non-hydrogen) atoms. The fraction of sp³-hybridized carbons (Fsp3) is 0.550. The third-order valence-corrected chi connectivity index (χ3v) is 6.28. The van der Waals surface area contributed by atoms with Gasteiger partial charge in [-0.15, -0.1) is 0 Å². The maximum absolute atomic E-state index is 13.1.